The molecule has 8 nitrogen and oxygen atoms in total. The largest absolute Gasteiger partial charge is 0.376 e. The van der Waals surface area contributed by atoms with Gasteiger partial charge in [0.1, 0.15) is 0 Å². The standard InChI is InChI=1S/C23H19N5O3/c29-23(16-24-22-9-3-6-17-5-1-2-8-21(17)22)26-25-15-20-7-4-14-27(20)18-10-12-19(13-11-18)28(30)31/h1-15,24H,16H2,(H,26,29)/b25-15+. The second kappa shape index (κ2) is 8.91. The number of anilines is 1. The lowest BCUT2D eigenvalue weighted by Crippen LogP contribution is -2.26. The van der Waals surface area contributed by atoms with E-state index in [1.54, 1.807) is 12.1 Å². The fourth-order valence-electron chi connectivity index (χ4n) is 3.23. The maximum atomic E-state index is 12.2. The fraction of sp³-hybridized carbons (Fsp3) is 0.0435. The molecule has 154 valence electrons. The molecule has 1 heterocycles. The number of fused-ring (bicyclic) bond motifs is 1. The number of rotatable bonds is 7. The van der Waals surface area contributed by atoms with Crippen LogP contribution < -0.4 is 10.7 Å². The molecule has 31 heavy (non-hydrogen) atoms. The molecule has 0 aliphatic carbocycles. The first-order valence-corrected chi connectivity index (χ1v) is 9.57. The zero-order valence-electron chi connectivity index (χ0n) is 16.4. The molecule has 1 aromatic heterocycles. The smallest absolute Gasteiger partial charge is 0.269 e. The molecule has 0 aliphatic heterocycles. The van der Waals surface area contributed by atoms with Crippen molar-refractivity contribution in [2.75, 3.05) is 11.9 Å². The van der Waals surface area contributed by atoms with Crippen LogP contribution in [0.3, 0.4) is 0 Å². The number of carbonyl (C=O) groups is 1. The van der Waals surface area contributed by atoms with Gasteiger partial charge >= 0.3 is 0 Å². The first-order valence-electron chi connectivity index (χ1n) is 9.57. The van der Waals surface area contributed by atoms with Crippen LogP contribution >= 0.6 is 0 Å². The molecule has 0 saturated heterocycles. The summed E-state index contributed by atoms with van der Waals surface area (Å²) in [5, 5.41) is 20.1. The molecule has 2 N–H and O–H groups in total. The van der Waals surface area contributed by atoms with Gasteiger partial charge in [0.05, 0.1) is 23.4 Å². The lowest BCUT2D eigenvalue weighted by atomic mass is 10.1. The van der Waals surface area contributed by atoms with E-state index in [1.165, 1.54) is 18.3 Å². The highest BCUT2D eigenvalue weighted by atomic mass is 16.6. The van der Waals surface area contributed by atoms with Crippen LogP contribution in [-0.2, 0) is 4.79 Å². The Morgan fingerprint density at radius 2 is 1.77 bits per heavy atom. The summed E-state index contributed by atoms with van der Waals surface area (Å²) in [4.78, 5) is 22.5. The summed E-state index contributed by atoms with van der Waals surface area (Å²) in [6.07, 6.45) is 3.34. The van der Waals surface area contributed by atoms with E-state index < -0.39 is 4.92 Å². The van der Waals surface area contributed by atoms with Crippen molar-refractivity contribution in [1.82, 2.24) is 9.99 Å². The van der Waals surface area contributed by atoms with Crippen molar-refractivity contribution in [1.29, 1.82) is 0 Å². The number of hydrazone groups is 1. The lowest BCUT2D eigenvalue weighted by molar-refractivity contribution is -0.384. The van der Waals surface area contributed by atoms with Gasteiger partial charge in [-0.3, -0.25) is 14.9 Å². The summed E-state index contributed by atoms with van der Waals surface area (Å²) in [6.45, 7) is 0.0781. The minimum atomic E-state index is -0.441. The summed E-state index contributed by atoms with van der Waals surface area (Å²) >= 11 is 0. The Bertz CT molecular complexity index is 1260. The molecule has 4 aromatic rings. The van der Waals surface area contributed by atoms with Gasteiger partial charge in [0.2, 0.25) is 0 Å². The lowest BCUT2D eigenvalue weighted by Gasteiger charge is -2.09. The maximum Gasteiger partial charge on any atom is 0.269 e. The summed E-state index contributed by atoms with van der Waals surface area (Å²) in [6, 6.07) is 23.7. The van der Waals surface area contributed by atoms with Gasteiger partial charge in [0, 0.05) is 35.1 Å². The normalized spacial score (nSPS) is 11.0. The molecule has 3 aromatic carbocycles. The molecule has 0 spiro atoms. The van der Waals surface area contributed by atoms with Gasteiger partial charge < -0.3 is 9.88 Å². The number of carbonyl (C=O) groups excluding carboxylic acids is 1. The minimum Gasteiger partial charge on any atom is -0.376 e. The number of hydrogen-bond acceptors (Lipinski definition) is 5. The summed E-state index contributed by atoms with van der Waals surface area (Å²) in [7, 11) is 0. The second-order valence-corrected chi connectivity index (χ2v) is 6.75. The van der Waals surface area contributed by atoms with Gasteiger partial charge in [0.25, 0.3) is 11.6 Å². The predicted molar refractivity (Wildman–Crippen MR) is 121 cm³/mol. The minimum absolute atomic E-state index is 0.0251. The van der Waals surface area contributed by atoms with Crippen LogP contribution in [0, 0.1) is 10.1 Å². The quantitative estimate of drug-likeness (QED) is 0.270. The number of benzene rings is 3. The number of aromatic nitrogens is 1. The number of nitro groups is 1. The van der Waals surface area contributed by atoms with Crippen LogP contribution in [0.1, 0.15) is 5.69 Å². The summed E-state index contributed by atoms with van der Waals surface area (Å²) in [5.41, 5.74) is 4.88. The van der Waals surface area contributed by atoms with Gasteiger partial charge in [-0.2, -0.15) is 5.10 Å². The fourth-order valence-corrected chi connectivity index (χ4v) is 3.23. The Labute approximate surface area is 178 Å². The monoisotopic (exact) mass is 413 g/mol. The summed E-state index contributed by atoms with van der Waals surface area (Å²) < 4.78 is 1.81. The van der Waals surface area contributed by atoms with Gasteiger partial charge in [-0.05, 0) is 35.7 Å². The SMILES string of the molecule is O=C(CNc1cccc2ccccc12)N/N=C/c1cccn1-c1ccc([N+](=O)[O-])cc1. The van der Waals surface area contributed by atoms with Crippen LogP contribution in [0.25, 0.3) is 16.5 Å². The van der Waals surface area contributed by atoms with Crippen LogP contribution in [0.2, 0.25) is 0 Å². The van der Waals surface area contributed by atoms with Crippen LogP contribution in [0.15, 0.2) is 90.2 Å². The number of nitro benzene ring substituents is 1. The highest BCUT2D eigenvalue weighted by Gasteiger charge is 2.07. The van der Waals surface area contributed by atoms with Gasteiger partial charge in [-0.15, -0.1) is 0 Å². The third kappa shape index (κ3) is 4.59. The van der Waals surface area contributed by atoms with E-state index in [1.807, 2.05) is 65.4 Å². The molecule has 0 bridgehead atoms. The van der Waals surface area contributed by atoms with E-state index in [0.29, 0.717) is 0 Å². The molecule has 1 amide bonds. The van der Waals surface area contributed by atoms with Crippen molar-refractivity contribution in [2.45, 2.75) is 0 Å². The Kier molecular flexibility index (Phi) is 5.70. The topological polar surface area (TPSA) is 102 Å². The van der Waals surface area contributed by atoms with Crippen molar-refractivity contribution in [3.63, 3.8) is 0 Å². The molecular weight excluding hydrogens is 394 g/mol. The first-order chi connectivity index (χ1) is 15.1. The highest BCUT2D eigenvalue weighted by Crippen LogP contribution is 2.22. The number of nitrogens with one attached hydrogen (secondary N) is 2. The van der Waals surface area contributed by atoms with Gasteiger partial charge in [0.15, 0.2) is 0 Å². The third-order valence-corrected chi connectivity index (χ3v) is 4.73. The van der Waals surface area contributed by atoms with Crippen LogP contribution in [0.5, 0.6) is 0 Å². The van der Waals surface area contributed by atoms with E-state index in [9.17, 15) is 14.9 Å². The van der Waals surface area contributed by atoms with E-state index >= 15 is 0 Å². The molecule has 4 rings (SSSR count). The molecule has 0 radical (unpaired) electrons. The van der Waals surface area contributed by atoms with E-state index in [0.717, 1.165) is 27.8 Å². The molecular formula is C23H19N5O3. The predicted octanol–water partition coefficient (Wildman–Crippen LogP) is 4.10. The third-order valence-electron chi connectivity index (χ3n) is 4.73. The van der Waals surface area contributed by atoms with E-state index in [4.69, 9.17) is 0 Å². The van der Waals surface area contributed by atoms with Crippen molar-refractivity contribution in [2.24, 2.45) is 5.10 Å². The van der Waals surface area contributed by atoms with Gasteiger partial charge in [-0.25, -0.2) is 5.43 Å². The van der Waals surface area contributed by atoms with Crippen molar-refractivity contribution in [3.05, 3.63) is 101 Å². The first kappa shape index (κ1) is 19.8. The van der Waals surface area contributed by atoms with E-state index in [2.05, 4.69) is 15.8 Å². The number of nitrogens with zero attached hydrogens (tertiary/aromatic N) is 3. The Morgan fingerprint density at radius 1 is 1.00 bits per heavy atom. The molecule has 0 unspecified atom stereocenters. The molecule has 0 saturated carbocycles. The Hall–Kier alpha value is -4.46. The molecule has 8 heteroatoms. The van der Waals surface area contributed by atoms with Crippen molar-refractivity contribution >= 4 is 34.3 Å². The van der Waals surface area contributed by atoms with E-state index in [-0.39, 0.29) is 18.1 Å². The Balaban J connectivity index is 1.37. The molecule has 0 atom stereocenters. The average Bonchev–Trinajstić information content (AvgIpc) is 3.26. The van der Waals surface area contributed by atoms with Gasteiger partial charge in [-0.1, -0.05) is 36.4 Å². The highest BCUT2D eigenvalue weighted by molar-refractivity contribution is 5.95. The molecule has 0 aliphatic rings. The van der Waals surface area contributed by atoms with Crippen molar-refractivity contribution in [3.8, 4) is 5.69 Å². The van der Waals surface area contributed by atoms with Crippen molar-refractivity contribution < 1.29 is 9.72 Å². The zero-order chi connectivity index (χ0) is 21.6. The summed E-state index contributed by atoms with van der Waals surface area (Å²) in [5.74, 6) is -0.280. The number of hydrogen-bond donors (Lipinski definition) is 2. The Morgan fingerprint density at radius 3 is 2.58 bits per heavy atom. The number of amides is 1. The van der Waals surface area contributed by atoms with Crippen LogP contribution in [0.4, 0.5) is 11.4 Å². The molecule has 0 fully saturated rings. The maximum absolute atomic E-state index is 12.2. The zero-order valence-corrected chi connectivity index (χ0v) is 16.4. The van der Waals surface area contributed by atoms with Crippen LogP contribution in [-0.4, -0.2) is 28.2 Å². The average molecular weight is 413 g/mol. The second-order valence-electron chi connectivity index (χ2n) is 6.75. The number of non-ortho nitro benzene ring substituents is 1.